The number of piperazine rings is 1. The lowest BCUT2D eigenvalue weighted by atomic mass is 9.42. The first-order valence-corrected chi connectivity index (χ1v) is 16.0. The molecular weight excluding hydrogens is 542 g/mol. The fraction of sp³-hybridized carbons (Fsp3) is 0.600. The van der Waals surface area contributed by atoms with Gasteiger partial charge >= 0.3 is 0 Å². The van der Waals surface area contributed by atoms with Gasteiger partial charge < -0.3 is 28.9 Å². The highest BCUT2D eigenvalue weighted by Gasteiger charge is 2.61. The smallest absolute Gasteiger partial charge is 0.260 e. The van der Waals surface area contributed by atoms with E-state index in [-0.39, 0.29) is 23.3 Å². The number of amides is 2. The van der Waals surface area contributed by atoms with Gasteiger partial charge in [0, 0.05) is 39.3 Å². The summed E-state index contributed by atoms with van der Waals surface area (Å²) in [5, 5.41) is 0. The van der Waals surface area contributed by atoms with Gasteiger partial charge in [0.1, 0.15) is 5.75 Å². The van der Waals surface area contributed by atoms with Crippen LogP contribution in [-0.4, -0.2) is 87.1 Å². The number of likely N-dealkylation sites (N-methyl/N-ethyl adjacent to an activating group) is 1. The predicted molar refractivity (Wildman–Crippen MR) is 163 cm³/mol. The van der Waals surface area contributed by atoms with Crippen LogP contribution in [0.25, 0.3) is 0 Å². The van der Waals surface area contributed by atoms with Crippen LogP contribution in [0.5, 0.6) is 17.2 Å². The lowest BCUT2D eigenvalue weighted by molar-refractivity contribution is -0.161. The Labute approximate surface area is 255 Å². The lowest BCUT2D eigenvalue weighted by Gasteiger charge is -2.62. The molecule has 2 heterocycles. The minimum Gasteiger partial charge on any atom is -0.493 e. The maximum atomic E-state index is 14.5. The van der Waals surface area contributed by atoms with Crippen molar-refractivity contribution in [1.82, 2.24) is 14.7 Å². The van der Waals surface area contributed by atoms with E-state index in [0.717, 1.165) is 75.7 Å². The topological polar surface area (TPSA) is 71.5 Å². The van der Waals surface area contributed by atoms with Crippen molar-refractivity contribution in [1.29, 1.82) is 0 Å². The number of methoxy groups -OCH3 is 2. The Balaban J connectivity index is 1.05. The molecular formula is C35H45N3O5. The van der Waals surface area contributed by atoms with Crippen molar-refractivity contribution in [2.24, 2.45) is 17.3 Å². The molecule has 8 nitrogen and oxygen atoms in total. The van der Waals surface area contributed by atoms with Crippen LogP contribution in [0, 0.1) is 17.3 Å². The zero-order valence-electron chi connectivity index (χ0n) is 25.9. The third-order valence-corrected chi connectivity index (χ3v) is 11.2. The van der Waals surface area contributed by atoms with Gasteiger partial charge in [-0.05, 0) is 110 Å². The zero-order valence-corrected chi connectivity index (χ0v) is 25.9. The molecule has 4 saturated carbocycles. The third kappa shape index (κ3) is 5.15. The number of carbonyl (C=O) groups excluding carboxylic acids is 2. The van der Waals surface area contributed by atoms with E-state index in [2.05, 4.69) is 41.1 Å². The molecule has 1 saturated heterocycles. The Morgan fingerprint density at radius 3 is 2.14 bits per heavy atom. The molecule has 43 heavy (non-hydrogen) atoms. The number of rotatable bonds is 7. The van der Waals surface area contributed by atoms with E-state index in [1.807, 2.05) is 17.0 Å². The maximum Gasteiger partial charge on any atom is 0.260 e. The van der Waals surface area contributed by atoms with Gasteiger partial charge in [-0.3, -0.25) is 9.59 Å². The molecule has 2 aromatic carbocycles. The highest BCUT2D eigenvalue weighted by molar-refractivity contribution is 5.84. The second kappa shape index (κ2) is 11.0. The summed E-state index contributed by atoms with van der Waals surface area (Å²) in [6.07, 6.45) is 7.41. The fourth-order valence-electron chi connectivity index (χ4n) is 9.44. The lowest BCUT2D eigenvalue weighted by Crippen LogP contribution is -2.60. The van der Waals surface area contributed by atoms with Gasteiger partial charge in [-0.1, -0.05) is 12.1 Å². The molecule has 2 atom stereocenters. The summed E-state index contributed by atoms with van der Waals surface area (Å²) in [5.74, 6) is 3.82. The highest BCUT2D eigenvalue weighted by atomic mass is 16.5. The SMILES string of the molecule is COc1cc2c(cc1OC)CN(C(=O)C13CC4CC(C1)CC(c1ccc(OCC(=O)N5CCN(C)CC5)cc1)(C4)C3)CC2. The Hall–Kier alpha value is -3.26. The molecule has 0 spiro atoms. The monoisotopic (exact) mass is 587 g/mol. The molecule has 0 N–H and O–H groups in total. The van der Waals surface area contributed by atoms with Crippen molar-refractivity contribution >= 4 is 11.8 Å². The number of fused-ring (bicyclic) bond motifs is 1. The van der Waals surface area contributed by atoms with Crippen LogP contribution in [-0.2, 0) is 28.0 Å². The van der Waals surface area contributed by atoms with Crippen LogP contribution in [0.15, 0.2) is 36.4 Å². The summed E-state index contributed by atoms with van der Waals surface area (Å²) in [6.45, 7) is 4.80. The summed E-state index contributed by atoms with van der Waals surface area (Å²) in [6, 6.07) is 12.6. The molecule has 5 fully saturated rings. The third-order valence-electron chi connectivity index (χ3n) is 11.2. The average molecular weight is 588 g/mol. The van der Waals surface area contributed by atoms with Crippen molar-refractivity contribution in [2.75, 3.05) is 60.6 Å². The number of benzene rings is 2. The van der Waals surface area contributed by atoms with Gasteiger partial charge in [0.15, 0.2) is 18.1 Å². The van der Waals surface area contributed by atoms with Crippen LogP contribution >= 0.6 is 0 Å². The minimum atomic E-state index is -0.276. The van der Waals surface area contributed by atoms with Crippen molar-refractivity contribution in [2.45, 2.75) is 56.9 Å². The first kappa shape index (κ1) is 28.5. The van der Waals surface area contributed by atoms with E-state index in [1.165, 1.54) is 36.0 Å². The average Bonchev–Trinajstić information content (AvgIpc) is 3.02. The zero-order chi connectivity index (χ0) is 29.8. The van der Waals surface area contributed by atoms with E-state index in [9.17, 15) is 9.59 Å². The fourth-order valence-corrected chi connectivity index (χ4v) is 9.44. The molecule has 230 valence electrons. The van der Waals surface area contributed by atoms with Crippen LogP contribution in [0.1, 0.15) is 55.2 Å². The Morgan fingerprint density at radius 1 is 0.837 bits per heavy atom. The van der Waals surface area contributed by atoms with E-state index >= 15 is 0 Å². The van der Waals surface area contributed by atoms with E-state index in [1.54, 1.807) is 14.2 Å². The molecule has 2 aromatic rings. The first-order valence-electron chi connectivity index (χ1n) is 16.0. The van der Waals surface area contributed by atoms with Crippen LogP contribution < -0.4 is 14.2 Å². The number of hydrogen-bond donors (Lipinski definition) is 0. The second-order valence-corrected chi connectivity index (χ2v) is 14.0. The van der Waals surface area contributed by atoms with E-state index in [0.29, 0.717) is 24.3 Å². The van der Waals surface area contributed by atoms with Crippen molar-refractivity contribution < 1.29 is 23.8 Å². The molecule has 0 aromatic heterocycles. The molecule has 2 unspecified atom stereocenters. The Morgan fingerprint density at radius 2 is 1.49 bits per heavy atom. The first-order chi connectivity index (χ1) is 20.8. The largest absolute Gasteiger partial charge is 0.493 e. The molecule has 8 heteroatoms. The van der Waals surface area contributed by atoms with Gasteiger partial charge in [0.2, 0.25) is 5.91 Å². The number of hydrogen-bond acceptors (Lipinski definition) is 6. The predicted octanol–water partition coefficient (Wildman–Crippen LogP) is 4.28. The number of nitrogens with zero attached hydrogens (tertiary/aromatic N) is 3. The maximum absolute atomic E-state index is 14.5. The summed E-state index contributed by atoms with van der Waals surface area (Å²) < 4.78 is 17.0. The summed E-state index contributed by atoms with van der Waals surface area (Å²) in [5.41, 5.74) is 3.51. The van der Waals surface area contributed by atoms with Crippen LogP contribution in [0.4, 0.5) is 0 Å². The molecule has 4 aliphatic carbocycles. The molecule has 4 bridgehead atoms. The second-order valence-electron chi connectivity index (χ2n) is 14.0. The normalized spacial score (nSPS) is 29.7. The number of ether oxygens (including phenoxy) is 3. The van der Waals surface area contributed by atoms with Crippen LogP contribution in [0.3, 0.4) is 0 Å². The summed E-state index contributed by atoms with van der Waals surface area (Å²) in [4.78, 5) is 33.4. The molecule has 8 rings (SSSR count). The van der Waals surface area contributed by atoms with Crippen molar-refractivity contribution in [3.8, 4) is 17.2 Å². The molecule has 2 aliphatic heterocycles. The quantitative estimate of drug-likeness (QED) is 0.482. The number of carbonyl (C=O) groups is 2. The van der Waals surface area contributed by atoms with Gasteiger partial charge in [0.05, 0.1) is 19.6 Å². The standard InChI is InChI=1S/C35H45N3O5/c1-36-10-12-37(13-11-36)32(39)22-43-29-6-4-28(5-7-29)34-17-24-14-25(18-34)20-35(19-24,23-34)33(40)38-9-8-26-15-30(41-2)31(42-3)16-27(26)21-38/h4-7,15-16,24-25H,8-14,17-23H2,1-3H3. The van der Waals surface area contributed by atoms with Gasteiger partial charge in [-0.25, -0.2) is 0 Å². The van der Waals surface area contributed by atoms with Crippen LogP contribution in [0.2, 0.25) is 0 Å². The highest BCUT2D eigenvalue weighted by Crippen LogP contribution is 2.66. The molecule has 6 aliphatic rings. The van der Waals surface area contributed by atoms with Gasteiger partial charge in [-0.2, -0.15) is 0 Å². The van der Waals surface area contributed by atoms with E-state index in [4.69, 9.17) is 14.2 Å². The Kier molecular flexibility index (Phi) is 7.31. The minimum absolute atomic E-state index is 0.0399. The van der Waals surface area contributed by atoms with Gasteiger partial charge in [0.25, 0.3) is 5.91 Å². The van der Waals surface area contributed by atoms with Crippen molar-refractivity contribution in [3.05, 3.63) is 53.1 Å². The Bertz CT molecular complexity index is 1370. The summed E-state index contributed by atoms with van der Waals surface area (Å²) >= 11 is 0. The van der Waals surface area contributed by atoms with Gasteiger partial charge in [-0.15, -0.1) is 0 Å². The van der Waals surface area contributed by atoms with Crippen molar-refractivity contribution in [3.63, 3.8) is 0 Å². The molecule has 2 amide bonds. The summed E-state index contributed by atoms with van der Waals surface area (Å²) in [7, 11) is 5.42. The molecule has 0 radical (unpaired) electrons. The van der Waals surface area contributed by atoms with E-state index < -0.39 is 0 Å².